The molecule has 0 aromatic heterocycles. The number of rotatable bonds is 5. The van der Waals surface area contributed by atoms with Crippen LogP contribution in [0.15, 0.2) is 60.7 Å². The summed E-state index contributed by atoms with van der Waals surface area (Å²) in [5.41, 5.74) is 0. The van der Waals surface area contributed by atoms with Crippen molar-refractivity contribution in [2.75, 3.05) is 6.16 Å². The first-order chi connectivity index (χ1) is 9.93. The Morgan fingerprint density at radius 2 is 1.04 bits per heavy atom. The van der Waals surface area contributed by atoms with Crippen LogP contribution < -0.4 is 10.6 Å². The monoisotopic (exact) mass is 370 g/mol. The third kappa shape index (κ3) is 7.22. The van der Waals surface area contributed by atoms with Crippen molar-refractivity contribution >= 4 is 18.5 Å². The van der Waals surface area contributed by atoms with Gasteiger partial charge in [0.25, 0.3) is 0 Å². The fourth-order valence-electron chi connectivity index (χ4n) is 2.44. The van der Waals surface area contributed by atoms with Crippen LogP contribution in [0.4, 0.5) is 0 Å². The maximum atomic E-state index is 2.27. The van der Waals surface area contributed by atoms with Crippen LogP contribution in [0.2, 0.25) is 0 Å². The normalized spacial score (nSPS) is 13.2. The Hall–Kier alpha value is -0.416. The van der Waals surface area contributed by atoms with Crippen LogP contribution in [0.5, 0.6) is 0 Å². The minimum absolute atomic E-state index is 0. The molecule has 0 heterocycles. The zero-order chi connectivity index (χ0) is 13.6. The summed E-state index contributed by atoms with van der Waals surface area (Å²) in [7, 11) is -0.256. The van der Waals surface area contributed by atoms with Crippen molar-refractivity contribution in [3.05, 3.63) is 115 Å². The molecular weight excluding hydrogens is 343 g/mol. The van der Waals surface area contributed by atoms with Gasteiger partial charge in [-0.3, -0.25) is 0 Å². The van der Waals surface area contributed by atoms with Gasteiger partial charge in [-0.15, -0.1) is 0 Å². The van der Waals surface area contributed by atoms with Gasteiger partial charge in [0.05, 0.1) is 0 Å². The van der Waals surface area contributed by atoms with Gasteiger partial charge in [-0.25, -0.2) is 0 Å². The molecule has 1 fully saturated rings. The number of hydrogen-bond acceptors (Lipinski definition) is 0. The Balaban J connectivity index is 0. The van der Waals surface area contributed by atoms with Crippen LogP contribution in [0.25, 0.3) is 0 Å². The largest absolute Gasteiger partial charge is 4.00 e. The smallest absolute Gasteiger partial charge is 0.358 e. The molecule has 0 bridgehead atoms. The summed E-state index contributed by atoms with van der Waals surface area (Å²) in [6.07, 6.45) is 11.1. The van der Waals surface area contributed by atoms with Crippen LogP contribution in [0, 0.1) is 53.9 Å². The van der Waals surface area contributed by atoms with E-state index in [1.807, 2.05) is 0 Å². The molecule has 0 N–H and O–H groups in total. The molecule has 3 rings (SSSR count). The molecule has 123 valence electrons. The zero-order valence-electron chi connectivity index (χ0n) is 14.9. The van der Waals surface area contributed by atoms with Gasteiger partial charge in [-0.05, 0) is 62.7 Å². The van der Waals surface area contributed by atoms with Crippen LogP contribution in [-0.2, 0) is 21.7 Å². The maximum absolute atomic E-state index is 2.27. The van der Waals surface area contributed by atoms with Crippen LogP contribution in [0.3, 0.4) is 0 Å². The summed E-state index contributed by atoms with van der Waals surface area (Å²) in [6, 6.07) is 21.9. The molecule has 0 saturated heterocycles. The Morgan fingerprint density at radius 3 is 1.46 bits per heavy atom. The van der Waals surface area contributed by atoms with E-state index in [-0.39, 0.29) is 51.9 Å². The first-order valence-electron chi connectivity index (χ1n) is 7.02. The molecule has 0 spiro atoms. The van der Waals surface area contributed by atoms with Gasteiger partial charge in [-0.1, -0.05) is 60.7 Å². The maximum Gasteiger partial charge on any atom is 4.00 e. The molecule has 2 aromatic rings. The SMILES string of the molecule is [CH3-].[CH3-].[CH3-].[CH]1[CH][CH][C](CCP(c2ccccc2)c2ccccc2)[CH]1.[Ti+4]. The van der Waals surface area contributed by atoms with E-state index in [0.717, 1.165) is 6.42 Å². The quantitative estimate of drug-likeness (QED) is 0.383. The van der Waals surface area contributed by atoms with Crippen molar-refractivity contribution in [1.82, 2.24) is 0 Å². The van der Waals surface area contributed by atoms with E-state index in [4.69, 9.17) is 0 Å². The molecule has 0 nitrogen and oxygen atoms in total. The average molecular weight is 370 g/mol. The molecule has 0 unspecified atom stereocenters. The molecule has 24 heavy (non-hydrogen) atoms. The first kappa shape index (κ1) is 25.8. The molecule has 1 saturated carbocycles. The molecular formula is C22H27PTi+. The van der Waals surface area contributed by atoms with E-state index < -0.39 is 0 Å². The summed E-state index contributed by atoms with van der Waals surface area (Å²) in [4.78, 5) is 0. The Kier molecular flexibility index (Phi) is 14.9. The second-order valence-electron chi connectivity index (χ2n) is 4.87. The predicted octanol–water partition coefficient (Wildman–Crippen LogP) is 5.26. The van der Waals surface area contributed by atoms with Crippen molar-refractivity contribution in [3.63, 3.8) is 0 Å². The molecule has 0 amide bonds. The minimum Gasteiger partial charge on any atom is -0.358 e. The average Bonchev–Trinajstić information content (AvgIpc) is 3.03. The molecule has 2 aromatic carbocycles. The van der Waals surface area contributed by atoms with Gasteiger partial charge in [0.15, 0.2) is 0 Å². The molecule has 2 heteroatoms. The van der Waals surface area contributed by atoms with Crippen LogP contribution in [-0.4, -0.2) is 6.16 Å². The van der Waals surface area contributed by atoms with Crippen molar-refractivity contribution in [2.24, 2.45) is 0 Å². The molecule has 0 atom stereocenters. The molecule has 5 radical (unpaired) electrons. The third-order valence-corrected chi connectivity index (χ3v) is 6.01. The fraction of sp³-hybridized carbons (Fsp3) is 0.0909. The van der Waals surface area contributed by atoms with Crippen molar-refractivity contribution < 1.29 is 21.7 Å². The van der Waals surface area contributed by atoms with Gasteiger partial charge < -0.3 is 22.3 Å². The molecule has 1 aliphatic rings. The summed E-state index contributed by atoms with van der Waals surface area (Å²) in [6.45, 7) is 0. The molecule has 0 aliphatic heterocycles. The van der Waals surface area contributed by atoms with Crippen LogP contribution in [0.1, 0.15) is 6.42 Å². The zero-order valence-corrected chi connectivity index (χ0v) is 17.4. The standard InChI is InChI=1S/C19H18P.3CH3.Ti/c1-3-11-18(12-4-1)20(19-13-5-2-6-14-19)16-15-17-9-7-8-10-17;;;;/h1-14H,15-16H2;3*1H3;/q;3*-1;+4. The number of benzene rings is 2. The van der Waals surface area contributed by atoms with E-state index in [9.17, 15) is 0 Å². The predicted molar refractivity (Wildman–Crippen MR) is 108 cm³/mol. The summed E-state index contributed by atoms with van der Waals surface area (Å²) < 4.78 is 0. The van der Waals surface area contributed by atoms with E-state index >= 15 is 0 Å². The van der Waals surface area contributed by atoms with Crippen LogP contribution >= 0.6 is 7.92 Å². The van der Waals surface area contributed by atoms with Crippen molar-refractivity contribution in [3.8, 4) is 0 Å². The Bertz CT molecular complexity index is 467. The Morgan fingerprint density at radius 1 is 0.625 bits per heavy atom. The second kappa shape index (κ2) is 13.8. The van der Waals surface area contributed by atoms with Gasteiger partial charge in [0.2, 0.25) is 0 Å². The van der Waals surface area contributed by atoms with E-state index in [0.29, 0.717) is 0 Å². The van der Waals surface area contributed by atoms with E-state index in [1.165, 1.54) is 22.7 Å². The summed E-state index contributed by atoms with van der Waals surface area (Å²) in [5.74, 6) is 1.45. The van der Waals surface area contributed by atoms with Crippen molar-refractivity contribution in [1.29, 1.82) is 0 Å². The topological polar surface area (TPSA) is 0 Å². The number of hydrogen-bond donors (Lipinski definition) is 0. The minimum atomic E-state index is -0.256. The Labute approximate surface area is 167 Å². The van der Waals surface area contributed by atoms with Gasteiger partial charge in [-0.2, -0.15) is 0 Å². The second-order valence-corrected chi connectivity index (χ2v) is 7.20. The van der Waals surface area contributed by atoms with E-state index in [1.54, 1.807) is 0 Å². The van der Waals surface area contributed by atoms with Gasteiger partial charge >= 0.3 is 21.7 Å². The van der Waals surface area contributed by atoms with Crippen molar-refractivity contribution in [2.45, 2.75) is 6.42 Å². The first-order valence-corrected chi connectivity index (χ1v) is 8.54. The summed E-state index contributed by atoms with van der Waals surface area (Å²) in [5, 5.41) is 2.94. The third-order valence-electron chi connectivity index (χ3n) is 3.49. The molecule has 1 aliphatic carbocycles. The fourth-order valence-corrected chi connectivity index (χ4v) is 4.80. The summed E-state index contributed by atoms with van der Waals surface area (Å²) >= 11 is 0. The van der Waals surface area contributed by atoms with Gasteiger partial charge in [0, 0.05) is 0 Å². The van der Waals surface area contributed by atoms with E-state index in [2.05, 4.69) is 86.3 Å². The van der Waals surface area contributed by atoms with Gasteiger partial charge in [0.1, 0.15) is 0 Å².